The van der Waals surface area contributed by atoms with Crippen LogP contribution in [-0.2, 0) is 11.3 Å². The van der Waals surface area contributed by atoms with Crippen molar-refractivity contribution in [2.24, 2.45) is 0 Å². The lowest BCUT2D eigenvalue weighted by atomic mass is 9.98. The van der Waals surface area contributed by atoms with Crippen molar-refractivity contribution in [2.75, 3.05) is 20.2 Å². The molecule has 1 aromatic heterocycles. The van der Waals surface area contributed by atoms with Crippen molar-refractivity contribution in [1.29, 1.82) is 0 Å². The van der Waals surface area contributed by atoms with Crippen molar-refractivity contribution in [3.8, 4) is 0 Å². The van der Waals surface area contributed by atoms with E-state index in [0.717, 1.165) is 31.5 Å². The molecule has 0 bridgehead atoms. The summed E-state index contributed by atoms with van der Waals surface area (Å²) in [6.07, 6.45) is 3.79. The molecule has 1 saturated heterocycles. The van der Waals surface area contributed by atoms with Gasteiger partial charge in [-0.3, -0.25) is 4.90 Å². The van der Waals surface area contributed by atoms with Crippen molar-refractivity contribution in [3.05, 3.63) is 23.7 Å². The Morgan fingerprint density at radius 2 is 2.10 bits per heavy atom. The van der Waals surface area contributed by atoms with Gasteiger partial charge in [0, 0.05) is 36.8 Å². The van der Waals surface area contributed by atoms with Gasteiger partial charge >= 0.3 is 5.97 Å². The molecule has 0 atom stereocenters. The predicted molar refractivity (Wildman–Crippen MR) is 81.2 cm³/mol. The summed E-state index contributed by atoms with van der Waals surface area (Å²) in [6.45, 7) is 9.63. The Balaban J connectivity index is 1.83. The van der Waals surface area contributed by atoms with E-state index < -0.39 is 5.97 Å². The minimum atomic E-state index is -0.417. The van der Waals surface area contributed by atoms with E-state index in [9.17, 15) is 4.79 Å². The molecule has 0 spiro atoms. The highest BCUT2D eigenvalue weighted by Crippen LogP contribution is 2.20. The van der Waals surface area contributed by atoms with E-state index in [2.05, 4.69) is 31.0 Å². The summed E-state index contributed by atoms with van der Waals surface area (Å²) in [6, 6.07) is 2.31. The van der Waals surface area contributed by atoms with Crippen LogP contribution in [0.5, 0.6) is 0 Å². The fourth-order valence-electron chi connectivity index (χ4n) is 2.76. The minimum Gasteiger partial charge on any atom is -0.463 e. The van der Waals surface area contributed by atoms with E-state index >= 15 is 0 Å². The van der Waals surface area contributed by atoms with E-state index in [1.54, 1.807) is 0 Å². The molecule has 0 saturated carbocycles. The molecule has 118 valence electrons. The van der Waals surface area contributed by atoms with Crippen LogP contribution in [0.15, 0.2) is 16.7 Å². The molecular weight excluding hydrogens is 268 g/mol. The number of hydrogen-bond donors (Lipinski definition) is 1. The van der Waals surface area contributed by atoms with Crippen LogP contribution in [-0.4, -0.2) is 42.6 Å². The summed E-state index contributed by atoms with van der Waals surface area (Å²) in [7, 11) is 1.37. The predicted octanol–water partition coefficient (Wildman–Crippen LogP) is 2.42. The van der Waals surface area contributed by atoms with Crippen LogP contribution in [0.25, 0.3) is 0 Å². The third-order valence-corrected chi connectivity index (χ3v) is 4.14. The first-order valence-electron chi connectivity index (χ1n) is 7.55. The number of likely N-dealkylation sites (tertiary alicyclic amines) is 1. The van der Waals surface area contributed by atoms with Gasteiger partial charge in [-0.1, -0.05) is 0 Å². The second-order valence-electron chi connectivity index (χ2n) is 6.58. The molecule has 21 heavy (non-hydrogen) atoms. The van der Waals surface area contributed by atoms with Gasteiger partial charge in [0.25, 0.3) is 0 Å². The van der Waals surface area contributed by atoms with E-state index in [0.29, 0.717) is 18.3 Å². The number of ether oxygens (including phenoxy) is 1. The van der Waals surface area contributed by atoms with E-state index in [1.165, 1.54) is 13.4 Å². The number of carbonyl (C=O) groups excluding carboxylic acids is 1. The van der Waals surface area contributed by atoms with Crippen molar-refractivity contribution in [1.82, 2.24) is 10.2 Å². The van der Waals surface area contributed by atoms with Crippen LogP contribution < -0.4 is 5.32 Å². The third-order valence-electron chi connectivity index (χ3n) is 4.14. The van der Waals surface area contributed by atoms with Gasteiger partial charge in [-0.15, -0.1) is 0 Å². The molecule has 1 N–H and O–H groups in total. The average Bonchev–Trinajstić information content (AvgIpc) is 2.92. The lowest BCUT2D eigenvalue weighted by Gasteiger charge is -2.41. The molecule has 1 aliphatic rings. The Kier molecular flexibility index (Phi) is 5.06. The van der Waals surface area contributed by atoms with Crippen LogP contribution >= 0.6 is 0 Å². The highest BCUT2D eigenvalue weighted by molar-refractivity contribution is 5.87. The maximum atomic E-state index is 11.5. The normalized spacial score (nSPS) is 17.9. The van der Waals surface area contributed by atoms with Gasteiger partial charge in [-0.05, 0) is 39.7 Å². The second-order valence-corrected chi connectivity index (χ2v) is 6.58. The summed E-state index contributed by atoms with van der Waals surface area (Å²) in [5.74, 6) is -0.114. The number of carbonyl (C=O) groups is 1. The fourth-order valence-corrected chi connectivity index (χ4v) is 2.76. The number of methoxy groups -OCH3 is 1. The summed E-state index contributed by atoms with van der Waals surface area (Å²) >= 11 is 0. The van der Waals surface area contributed by atoms with Crippen molar-refractivity contribution in [3.63, 3.8) is 0 Å². The maximum absolute atomic E-state index is 11.5. The van der Waals surface area contributed by atoms with Crippen molar-refractivity contribution in [2.45, 2.75) is 51.7 Å². The molecule has 0 aliphatic carbocycles. The molecule has 0 aromatic carbocycles. The van der Waals surface area contributed by atoms with Gasteiger partial charge in [0.05, 0.1) is 13.4 Å². The summed E-state index contributed by atoms with van der Waals surface area (Å²) in [5.41, 5.74) is 1.10. The third kappa shape index (κ3) is 4.08. The van der Waals surface area contributed by atoms with Gasteiger partial charge in [0.15, 0.2) is 0 Å². The summed E-state index contributed by atoms with van der Waals surface area (Å²) in [4.78, 5) is 14.1. The van der Waals surface area contributed by atoms with Gasteiger partial charge in [0.2, 0.25) is 5.76 Å². The number of nitrogens with one attached hydrogen (secondary N) is 1. The fraction of sp³-hybridized carbons (Fsp3) is 0.688. The van der Waals surface area contributed by atoms with Crippen LogP contribution in [0.1, 0.15) is 49.7 Å². The quantitative estimate of drug-likeness (QED) is 0.864. The standard InChI is InChI=1S/C16H26N2O3/c1-16(2,3)18-8-5-13(6-9-18)17-11-12-7-10-21-14(12)15(19)20-4/h7,10,13,17H,5-6,8-9,11H2,1-4H3. The smallest absolute Gasteiger partial charge is 0.374 e. The SMILES string of the molecule is COC(=O)c1occc1CNC1CCN(C(C)(C)C)CC1. The van der Waals surface area contributed by atoms with E-state index in [4.69, 9.17) is 9.15 Å². The molecule has 0 amide bonds. The van der Waals surface area contributed by atoms with Crippen LogP contribution in [0.3, 0.4) is 0 Å². The monoisotopic (exact) mass is 294 g/mol. The molecule has 1 aliphatic heterocycles. The number of nitrogens with zero attached hydrogens (tertiary/aromatic N) is 1. The average molecular weight is 294 g/mol. The van der Waals surface area contributed by atoms with Gasteiger partial charge < -0.3 is 14.5 Å². The molecule has 5 heteroatoms. The highest BCUT2D eigenvalue weighted by Gasteiger charge is 2.27. The Morgan fingerprint density at radius 3 is 2.67 bits per heavy atom. The zero-order valence-corrected chi connectivity index (χ0v) is 13.4. The Bertz CT molecular complexity index is 468. The minimum absolute atomic E-state index is 0.244. The van der Waals surface area contributed by atoms with Gasteiger partial charge in [0.1, 0.15) is 0 Å². The number of esters is 1. The largest absolute Gasteiger partial charge is 0.463 e. The van der Waals surface area contributed by atoms with Crippen LogP contribution in [0.2, 0.25) is 0 Å². The molecule has 0 unspecified atom stereocenters. The second kappa shape index (κ2) is 6.62. The Labute approximate surface area is 126 Å². The first-order chi connectivity index (χ1) is 9.91. The molecule has 2 heterocycles. The Hall–Kier alpha value is -1.33. The summed E-state index contributed by atoms with van der Waals surface area (Å²) < 4.78 is 9.91. The lowest BCUT2D eigenvalue weighted by Crippen LogP contribution is -2.49. The molecule has 1 fully saturated rings. The summed E-state index contributed by atoms with van der Waals surface area (Å²) in [5, 5.41) is 3.52. The van der Waals surface area contributed by atoms with Crippen LogP contribution in [0, 0.1) is 0 Å². The zero-order chi connectivity index (χ0) is 15.5. The van der Waals surface area contributed by atoms with Crippen LogP contribution in [0.4, 0.5) is 0 Å². The lowest BCUT2D eigenvalue weighted by molar-refractivity contribution is 0.0562. The molecular formula is C16H26N2O3. The van der Waals surface area contributed by atoms with Crippen molar-refractivity contribution < 1.29 is 13.9 Å². The molecule has 2 rings (SSSR count). The van der Waals surface area contributed by atoms with Crippen molar-refractivity contribution >= 4 is 5.97 Å². The molecule has 0 radical (unpaired) electrons. The topological polar surface area (TPSA) is 54.7 Å². The van der Waals surface area contributed by atoms with E-state index in [1.807, 2.05) is 6.07 Å². The van der Waals surface area contributed by atoms with Gasteiger partial charge in [-0.25, -0.2) is 4.79 Å². The number of rotatable bonds is 4. The van der Waals surface area contributed by atoms with Gasteiger partial charge in [-0.2, -0.15) is 0 Å². The van der Waals surface area contributed by atoms with E-state index in [-0.39, 0.29) is 5.54 Å². The zero-order valence-electron chi connectivity index (χ0n) is 13.4. The first kappa shape index (κ1) is 16.0. The molecule has 5 nitrogen and oxygen atoms in total. The number of furan rings is 1. The molecule has 1 aromatic rings. The highest BCUT2D eigenvalue weighted by atomic mass is 16.5. The number of piperidine rings is 1. The maximum Gasteiger partial charge on any atom is 0.374 e. The first-order valence-corrected chi connectivity index (χ1v) is 7.55. The Morgan fingerprint density at radius 1 is 1.43 bits per heavy atom. The number of hydrogen-bond acceptors (Lipinski definition) is 5.